The molecule has 0 spiro atoms. The molecule has 3 nitrogen and oxygen atoms in total. The molecule has 1 fully saturated rings. The minimum absolute atomic E-state index is 0.0359. The summed E-state index contributed by atoms with van der Waals surface area (Å²) in [6.07, 6.45) is 1.86. The third-order valence-corrected chi connectivity index (χ3v) is 3.33. The molecular weight excluding hydrogens is 308 g/mol. The van der Waals surface area contributed by atoms with Gasteiger partial charge in [0.05, 0.1) is 22.7 Å². The van der Waals surface area contributed by atoms with Crippen molar-refractivity contribution >= 4 is 27.5 Å². The monoisotopic (exact) mass is 319 g/mol. The maximum atomic E-state index is 13.4. The van der Waals surface area contributed by atoms with Crippen molar-refractivity contribution < 1.29 is 18.3 Å². The number of hydrogen-bond donors (Lipinski definition) is 1. The van der Waals surface area contributed by atoms with E-state index in [9.17, 15) is 13.6 Å². The normalized spacial score (nSPS) is 18.9. The Bertz CT molecular complexity index is 462. The number of ether oxygens (including phenoxy) is 1. The van der Waals surface area contributed by atoms with Gasteiger partial charge in [-0.05, 0) is 34.8 Å². The van der Waals surface area contributed by atoms with Crippen LogP contribution < -0.4 is 5.32 Å². The van der Waals surface area contributed by atoms with E-state index in [1.807, 2.05) is 0 Å². The van der Waals surface area contributed by atoms with E-state index < -0.39 is 11.6 Å². The minimum atomic E-state index is -0.795. The molecule has 1 aliphatic rings. The van der Waals surface area contributed by atoms with E-state index in [2.05, 4.69) is 21.2 Å². The predicted octanol–water partition coefficient (Wildman–Crippen LogP) is 3.23. The van der Waals surface area contributed by atoms with Crippen molar-refractivity contribution in [2.75, 3.05) is 11.9 Å². The van der Waals surface area contributed by atoms with Crippen LogP contribution in [0.5, 0.6) is 0 Å². The Morgan fingerprint density at radius 3 is 2.89 bits per heavy atom. The molecule has 0 saturated carbocycles. The summed E-state index contributed by atoms with van der Waals surface area (Å²) in [4.78, 5) is 11.7. The molecule has 0 aliphatic carbocycles. The van der Waals surface area contributed by atoms with Crippen molar-refractivity contribution in [2.24, 2.45) is 0 Å². The third kappa shape index (κ3) is 3.26. The van der Waals surface area contributed by atoms with Gasteiger partial charge in [-0.1, -0.05) is 0 Å². The number of hydrogen-bond acceptors (Lipinski definition) is 2. The number of halogens is 3. The lowest BCUT2D eigenvalue weighted by molar-refractivity contribution is -0.118. The molecule has 1 aromatic carbocycles. The Morgan fingerprint density at radius 2 is 2.22 bits per heavy atom. The lowest BCUT2D eigenvalue weighted by Gasteiger charge is -2.10. The Labute approximate surface area is 112 Å². The van der Waals surface area contributed by atoms with Gasteiger partial charge in [-0.25, -0.2) is 8.78 Å². The molecule has 0 bridgehead atoms. The first-order valence-electron chi connectivity index (χ1n) is 5.62. The summed E-state index contributed by atoms with van der Waals surface area (Å²) in [6, 6.07) is 1.93. The van der Waals surface area contributed by atoms with E-state index in [1.54, 1.807) is 0 Å². The van der Waals surface area contributed by atoms with Crippen molar-refractivity contribution in [3.63, 3.8) is 0 Å². The molecule has 0 unspecified atom stereocenters. The minimum Gasteiger partial charge on any atom is -0.378 e. The van der Waals surface area contributed by atoms with Crippen LogP contribution in [0.1, 0.15) is 19.3 Å². The second-order valence-corrected chi connectivity index (χ2v) is 4.99. The van der Waals surface area contributed by atoms with Gasteiger partial charge in [-0.15, -0.1) is 0 Å². The van der Waals surface area contributed by atoms with Crippen LogP contribution in [0.25, 0.3) is 0 Å². The largest absolute Gasteiger partial charge is 0.378 e. The van der Waals surface area contributed by atoms with Crippen molar-refractivity contribution in [2.45, 2.75) is 25.4 Å². The highest BCUT2D eigenvalue weighted by Crippen LogP contribution is 2.24. The van der Waals surface area contributed by atoms with Crippen molar-refractivity contribution in [1.82, 2.24) is 0 Å². The predicted molar refractivity (Wildman–Crippen MR) is 66.3 cm³/mol. The molecule has 18 heavy (non-hydrogen) atoms. The summed E-state index contributed by atoms with van der Waals surface area (Å²) >= 11 is 2.94. The zero-order valence-electron chi connectivity index (χ0n) is 9.51. The van der Waals surface area contributed by atoms with Gasteiger partial charge in [-0.2, -0.15) is 0 Å². The van der Waals surface area contributed by atoms with E-state index in [4.69, 9.17) is 4.74 Å². The molecule has 1 aliphatic heterocycles. The summed E-state index contributed by atoms with van der Waals surface area (Å²) in [5.74, 6) is -1.83. The van der Waals surface area contributed by atoms with Crippen LogP contribution in [0.15, 0.2) is 16.6 Å². The van der Waals surface area contributed by atoms with E-state index in [1.165, 1.54) is 6.07 Å². The molecular formula is C12H12BrF2NO2. The Hall–Kier alpha value is -1.01. The summed E-state index contributed by atoms with van der Waals surface area (Å²) < 4.78 is 31.8. The topological polar surface area (TPSA) is 38.3 Å². The Kier molecular flexibility index (Phi) is 4.29. The second kappa shape index (κ2) is 5.75. The molecule has 98 valence electrons. The lowest BCUT2D eigenvalue weighted by atomic mass is 10.1. The molecule has 2 rings (SSSR count). The summed E-state index contributed by atoms with van der Waals surface area (Å²) in [7, 11) is 0. The smallest absolute Gasteiger partial charge is 0.227 e. The van der Waals surface area contributed by atoms with Crippen molar-refractivity contribution in [1.29, 1.82) is 0 Å². The SMILES string of the molecule is O=C(C[C@H]1CCCO1)Nc1cc(Br)c(F)cc1F. The average Bonchev–Trinajstić information content (AvgIpc) is 2.78. The first-order valence-corrected chi connectivity index (χ1v) is 6.41. The molecule has 0 aromatic heterocycles. The molecule has 1 amide bonds. The first-order chi connectivity index (χ1) is 8.56. The van der Waals surface area contributed by atoms with Gasteiger partial charge < -0.3 is 10.1 Å². The molecule has 1 N–H and O–H groups in total. The fourth-order valence-corrected chi connectivity index (χ4v) is 2.18. The van der Waals surface area contributed by atoms with Gasteiger partial charge in [0.25, 0.3) is 0 Å². The van der Waals surface area contributed by atoms with Crippen molar-refractivity contribution in [3.05, 3.63) is 28.2 Å². The van der Waals surface area contributed by atoms with Gasteiger partial charge >= 0.3 is 0 Å². The highest BCUT2D eigenvalue weighted by atomic mass is 79.9. The van der Waals surface area contributed by atoms with Gasteiger partial charge in [0, 0.05) is 12.7 Å². The summed E-state index contributed by atoms with van der Waals surface area (Å²) in [5, 5.41) is 2.41. The zero-order valence-corrected chi connectivity index (χ0v) is 11.1. The Morgan fingerprint density at radius 1 is 1.44 bits per heavy atom. The summed E-state index contributed by atoms with van der Waals surface area (Å²) in [5.41, 5.74) is -0.0359. The molecule has 1 heterocycles. The molecule has 1 saturated heterocycles. The van der Waals surface area contributed by atoms with E-state index in [-0.39, 0.29) is 28.6 Å². The van der Waals surface area contributed by atoms with Crippen LogP contribution >= 0.6 is 15.9 Å². The van der Waals surface area contributed by atoms with Gasteiger partial charge in [0.15, 0.2) is 0 Å². The van der Waals surface area contributed by atoms with Crippen LogP contribution in [0.2, 0.25) is 0 Å². The maximum absolute atomic E-state index is 13.4. The maximum Gasteiger partial charge on any atom is 0.227 e. The summed E-state index contributed by atoms with van der Waals surface area (Å²) in [6.45, 7) is 0.661. The van der Waals surface area contributed by atoms with E-state index in [0.29, 0.717) is 6.61 Å². The molecule has 1 aromatic rings. The van der Waals surface area contributed by atoms with E-state index >= 15 is 0 Å². The number of nitrogens with one attached hydrogen (secondary N) is 1. The molecule has 1 atom stereocenters. The van der Waals surface area contributed by atoms with Crippen LogP contribution in [-0.4, -0.2) is 18.6 Å². The van der Waals surface area contributed by atoms with E-state index in [0.717, 1.165) is 18.9 Å². The fourth-order valence-electron chi connectivity index (χ4n) is 1.83. The zero-order chi connectivity index (χ0) is 13.1. The lowest BCUT2D eigenvalue weighted by Crippen LogP contribution is -2.19. The number of carbonyl (C=O) groups is 1. The Balaban J connectivity index is 2.00. The number of rotatable bonds is 3. The van der Waals surface area contributed by atoms with Crippen molar-refractivity contribution in [3.8, 4) is 0 Å². The first kappa shape index (κ1) is 13.4. The number of amides is 1. The van der Waals surface area contributed by atoms with Gasteiger partial charge in [-0.3, -0.25) is 4.79 Å². The fraction of sp³-hybridized carbons (Fsp3) is 0.417. The standard InChI is InChI=1S/C12H12BrF2NO2/c13-8-5-11(10(15)6-9(8)14)16-12(17)4-7-2-1-3-18-7/h5-7H,1-4H2,(H,16,17)/t7-/m1/s1. The van der Waals surface area contributed by atoms with Crippen LogP contribution in [-0.2, 0) is 9.53 Å². The van der Waals surface area contributed by atoms with Gasteiger partial charge in [0.1, 0.15) is 11.6 Å². The molecule has 6 heteroatoms. The number of carbonyl (C=O) groups excluding carboxylic acids is 1. The average molecular weight is 320 g/mol. The second-order valence-electron chi connectivity index (χ2n) is 4.13. The van der Waals surface area contributed by atoms with Gasteiger partial charge in [0.2, 0.25) is 5.91 Å². The third-order valence-electron chi connectivity index (χ3n) is 2.72. The molecule has 0 radical (unpaired) electrons. The number of anilines is 1. The highest BCUT2D eigenvalue weighted by Gasteiger charge is 2.20. The van der Waals surface area contributed by atoms with Crippen LogP contribution in [0.3, 0.4) is 0 Å². The highest BCUT2D eigenvalue weighted by molar-refractivity contribution is 9.10. The van der Waals surface area contributed by atoms with Crippen LogP contribution in [0, 0.1) is 11.6 Å². The number of benzene rings is 1. The van der Waals surface area contributed by atoms with Crippen LogP contribution in [0.4, 0.5) is 14.5 Å². The quantitative estimate of drug-likeness (QED) is 0.869.